The number of hydrogen-bond donors (Lipinski definition) is 0. The molecule has 172 valence electrons. The molecule has 1 aliphatic heterocycles. The summed E-state index contributed by atoms with van der Waals surface area (Å²) in [5.74, 6) is 0.231. The van der Waals surface area contributed by atoms with Gasteiger partial charge in [-0.2, -0.15) is 22.7 Å². The summed E-state index contributed by atoms with van der Waals surface area (Å²) in [5, 5.41) is 5.90. The molecule has 7 nitrogen and oxygen atoms in total. The van der Waals surface area contributed by atoms with Crippen LogP contribution in [0.4, 0.5) is 19.0 Å². The quantitative estimate of drug-likeness (QED) is 0.455. The molecule has 0 amide bonds. The standard InChI is InChI=1S/C23H23F3N6O/c1-16-15-20(32-22(27-16)28-21(29-32)23(24,25)26)31-11-9-30(10-12-31)13-14-33-19-8-4-6-17-5-2-3-7-18(17)19/h2-8,15H,9-14H2,1H3. The first-order valence-corrected chi connectivity index (χ1v) is 10.8. The van der Waals surface area contributed by atoms with Crippen LogP contribution in [0.5, 0.6) is 5.75 Å². The zero-order valence-corrected chi connectivity index (χ0v) is 18.1. The second-order valence-corrected chi connectivity index (χ2v) is 8.06. The number of halogens is 3. The van der Waals surface area contributed by atoms with Crippen molar-refractivity contribution in [2.75, 3.05) is 44.2 Å². The first kappa shape index (κ1) is 21.4. The minimum absolute atomic E-state index is 0.0387. The normalized spacial score (nSPS) is 15.5. The average molecular weight is 456 g/mol. The Hall–Kier alpha value is -3.40. The van der Waals surface area contributed by atoms with Gasteiger partial charge in [0, 0.05) is 49.9 Å². The van der Waals surface area contributed by atoms with Crippen LogP contribution in [0.2, 0.25) is 0 Å². The number of anilines is 1. The minimum atomic E-state index is -4.61. The fourth-order valence-corrected chi connectivity index (χ4v) is 4.12. The third-order valence-corrected chi connectivity index (χ3v) is 5.79. The average Bonchev–Trinajstić information content (AvgIpc) is 3.24. The molecule has 0 unspecified atom stereocenters. The van der Waals surface area contributed by atoms with E-state index in [4.69, 9.17) is 4.74 Å². The van der Waals surface area contributed by atoms with Gasteiger partial charge in [-0.05, 0) is 18.4 Å². The van der Waals surface area contributed by atoms with Gasteiger partial charge in [-0.25, -0.2) is 4.98 Å². The van der Waals surface area contributed by atoms with Crippen LogP contribution in [-0.2, 0) is 6.18 Å². The Morgan fingerprint density at radius 3 is 2.52 bits per heavy atom. The van der Waals surface area contributed by atoms with Gasteiger partial charge in [0.1, 0.15) is 18.2 Å². The second-order valence-electron chi connectivity index (χ2n) is 8.06. The van der Waals surface area contributed by atoms with Gasteiger partial charge in [0.15, 0.2) is 0 Å². The molecule has 2 aromatic heterocycles. The van der Waals surface area contributed by atoms with E-state index in [1.54, 1.807) is 13.0 Å². The molecular weight excluding hydrogens is 433 g/mol. The van der Waals surface area contributed by atoms with E-state index in [9.17, 15) is 13.2 Å². The van der Waals surface area contributed by atoms with Gasteiger partial charge in [0.05, 0.1) is 0 Å². The van der Waals surface area contributed by atoms with E-state index in [0.717, 1.165) is 36.2 Å². The van der Waals surface area contributed by atoms with E-state index < -0.39 is 12.0 Å². The summed E-state index contributed by atoms with van der Waals surface area (Å²) in [5.41, 5.74) is 0.601. The molecule has 0 aliphatic carbocycles. The molecule has 0 bridgehead atoms. The van der Waals surface area contributed by atoms with Crippen molar-refractivity contribution in [1.82, 2.24) is 24.5 Å². The second kappa shape index (κ2) is 8.51. The molecule has 4 aromatic rings. The lowest BCUT2D eigenvalue weighted by molar-refractivity contribution is -0.144. The van der Waals surface area contributed by atoms with Crippen molar-refractivity contribution < 1.29 is 17.9 Å². The molecule has 0 radical (unpaired) electrons. The smallest absolute Gasteiger partial charge is 0.453 e. The van der Waals surface area contributed by atoms with Crippen LogP contribution >= 0.6 is 0 Å². The molecule has 1 saturated heterocycles. The van der Waals surface area contributed by atoms with Gasteiger partial charge in [-0.1, -0.05) is 36.4 Å². The van der Waals surface area contributed by atoms with Crippen molar-refractivity contribution in [1.29, 1.82) is 0 Å². The molecule has 10 heteroatoms. The fourth-order valence-electron chi connectivity index (χ4n) is 4.12. The highest BCUT2D eigenvalue weighted by Gasteiger charge is 2.37. The topological polar surface area (TPSA) is 58.8 Å². The number of aromatic nitrogens is 4. The number of alkyl halides is 3. The highest BCUT2D eigenvalue weighted by molar-refractivity contribution is 5.88. The Morgan fingerprint density at radius 1 is 0.970 bits per heavy atom. The number of aryl methyl sites for hydroxylation is 1. The molecular formula is C23H23F3N6O. The first-order valence-electron chi connectivity index (χ1n) is 10.8. The van der Waals surface area contributed by atoms with Crippen LogP contribution in [0.25, 0.3) is 16.6 Å². The summed E-state index contributed by atoms with van der Waals surface area (Å²) >= 11 is 0. The van der Waals surface area contributed by atoms with Crippen molar-refractivity contribution in [2.24, 2.45) is 0 Å². The Kier molecular flexibility index (Phi) is 5.53. The summed E-state index contributed by atoms with van der Waals surface area (Å²) in [6, 6.07) is 15.9. The molecule has 0 spiro atoms. The van der Waals surface area contributed by atoms with E-state index in [1.807, 2.05) is 29.2 Å². The van der Waals surface area contributed by atoms with Gasteiger partial charge in [-0.3, -0.25) is 4.90 Å². The van der Waals surface area contributed by atoms with Crippen LogP contribution in [0, 0.1) is 6.92 Å². The van der Waals surface area contributed by atoms with E-state index in [0.29, 0.717) is 31.2 Å². The lowest BCUT2D eigenvalue weighted by Gasteiger charge is -2.35. The third kappa shape index (κ3) is 4.43. The number of benzene rings is 2. The third-order valence-electron chi connectivity index (χ3n) is 5.79. The van der Waals surface area contributed by atoms with Crippen molar-refractivity contribution >= 4 is 22.4 Å². The largest absolute Gasteiger partial charge is 0.492 e. The lowest BCUT2D eigenvalue weighted by Crippen LogP contribution is -2.48. The van der Waals surface area contributed by atoms with Crippen molar-refractivity contribution in [3.05, 3.63) is 60.0 Å². The van der Waals surface area contributed by atoms with Gasteiger partial charge in [0.25, 0.3) is 11.6 Å². The number of rotatable bonds is 5. The summed E-state index contributed by atoms with van der Waals surface area (Å²) < 4.78 is 46.5. The fraction of sp³-hybridized carbons (Fsp3) is 0.348. The molecule has 2 aromatic carbocycles. The minimum Gasteiger partial charge on any atom is -0.492 e. The van der Waals surface area contributed by atoms with Gasteiger partial charge >= 0.3 is 6.18 Å². The Bertz CT molecular complexity index is 1280. The Balaban J connectivity index is 1.22. The summed E-state index contributed by atoms with van der Waals surface area (Å²) in [6.07, 6.45) is -4.61. The van der Waals surface area contributed by atoms with Crippen LogP contribution < -0.4 is 9.64 Å². The maximum Gasteiger partial charge on any atom is 0.453 e. The molecule has 0 saturated carbocycles. The molecule has 0 N–H and O–H groups in total. The molecule has 33 heavy (non-hydrogen) atoms. The Labute approximate surface area is 188 Å². The van der Waals surface area contributed by atoms with E-state index in [-0.39, 0.29) is 5.78 Å². The SMILES string of the molecule is Cc1cc(N2CCN(CCOc3cccc4ccccc34)CC2)n2nc(C(F)(F)F)nc2n1. The molecule has 5 rings (SSSR count). The molecule has 0 atom stereocenters. The van der Waals surface area contributed by atoms with Gasteiger partial charge in [-0.15, -0.1) is 5.10 Å². The van der Waals surface area contributed by atoms with Gasteiger partial charge < -0.3 is 9.64 Å². The zero-order chi connectivity index (χ0) is 23.0. The number of nitrogens with zero attached hydrogens (tertiary/aromatic N) is 6. The summed E-state index contributed by atoms with van der Waals surface area (Å²) in [6.45, 7) is 5.92. The zero-order valence-electron chi connectivity index (χ0n) is 18.1. The number of piperazine rings is 1. The maximum absolute atomic E-state index is 13.1. The van der Waals surface area contributed by atoms with Crippen molar-refractivity contribution in [3.8, 4) is 5.75 Å². The highest BCUT2D eigenvalue weighted by Crippen LogP contribution is 2.28. The lowest BCUT2D eigenvalue weighted by atomic mass is 10.1. The van der Waals surface area contributed by atoms with Crippen LogP contribution in [0.1, 0.15) is 11.5 Å². The molecule has 1 fully saturated rings. The van der Waals surface area contributed by atoms with Crippen LogP contribution in [0.3, 0.4) is 0 Å². The van der Waals surface area contributed by atoms with Crippen molar-refractivity contribution in [3.63, 3.8) is 0 Å². The number of hydrogen-bond acceptors (Lipinski definition) is 6. The van der Waals surface area contributed by atoms with E-state index in [2.05, 4.69) is 38.2 Å². The predicted octanol–water partition coefficient (Wildman–Crippen LogP) is 3.81. The van der Waals surface area contributed by atoms with Gasteiger partial charge in [0.2, 0.25) is 0 Å². The monoisotopic (exact) mass is 456 g/mol. The van der Waals surface area contributed by atoms with E-state index >= 15 is 0 Å². The first-order chi connectivity index (χ1) is 15.9. The predicted molar refractivity (Wildman–Crippen MR) is 119 cm³/mol. The van der Waals surface area contributed by atoms with Crippen LogP contribution in [0.15, 0.2) is 48.5 Å². The Morgan fingerprint density at radius 2 is 1.73 bits per heavy atom. The number of fused-ring (bicyclic) bond motifs is 2. The van der Waals surface area contributed by atoms with Crippen molar-refractivity contribution in [2.45, 2.75) is 13.1 Å². The van der Waals surface area contributed by atoms with E-state index in [1.165, 1.54) is 4.52 Å². The highest BCUT2D eigenvalue weighted by atomic mass is 19.4. The molecule has 3 heterocycles. The summed E-state index contributed by atoms with van der Waals surface area (Å²) in [4.78, 5) is 12.0. The molecule has 1 aliphatic rings. The van der Waals surface area contributed by atoms with Crippen LogP contribution in [-0.4, -0.2) is 63.8 Å². The number of ether oxygens (including phenoxy) is 1. The summed E-state index contributed by atoms with van der Waals surface area (Å²) in [7, 11) is 0. The maximum atomic E-state index is 13.1.